The van der Waals surface area contributed by atoms with Crippen LogP contribution >= 0.6 is 11.8 Å². The van der Waals surface area contributed by atoms with Crippen molar-refractivity contribution in [2.24, 2.45) is 7.05 Å². The molecule has 3 aromatic heterocycles. The van der Waals surface area contributed by atoms with Crippen molar-refractivity contribution in [3.05, 3.63) is 41.3 Å². The smallest absolute Gasteiger partial charge is 0.262 e. The fourth-order valence-electron chi connectivity index (χ4n) is 1.80. The van der Waals surface area contributed by atoms with Crippen molar-refractivity contribution in [2.45, 2.75) is 11.7 Å². The molecule has 0 fully saturated rings. The molecule has 0 bridgehead atoms. The van der Waals surface area contributed by atoms with E-state index in [4.69, 9.17) is 0 Å². The second kappa shape index (κ2) is 5.41. The van der Waals surface area contributed by atoms with Gasteiger partial charge in [0.05, 0.1) is 5.39 Å². The molecule has 3 heterocycles. The van der Waals surface area contributed by atoms with Gasteiger partial charge >= 0.3 is 0 Å². The van der Waals surface area contributed by atoms with Crippen LogP contribution in [0.25, 0.3) is 11.0 Å². The predicted octanol–water partition coefficient (Wildman–Crippen LogP) is 0.712. The number of fused-ring (bicyclic) bond motifs is 1. The highest BCUT2D eigenvalue weighted by Gasteiger charge is 2.05. The summed E-state index contributed by atoms with van der Waals surface area (Å²) in [5.41, 5.74) is 0.413. The van der Waals surface area contributed by atoms with Crippen LogP contribution in [0.2, 0.25) is 0 Å². The normalized spacial score (nSPS) is 11.1. The van der Waals surface area contributed by atoms with Gasteiger partial charge in [-0.15, -0.1) is 10.2 Å². The lowest BCUT2D eigenvalue weighted by molar-refractivity contribution is 0.719. The average Bonchev–Trinajstić information content (AvgIpc) is 2.87. The summed E-state index contributed by atoms with van der Waals surface area (Å²) in [6.07, 6.45) is 4.82. The van der Waals surface area contributed by atoms with Gasteiger partial charge in [0.1, 0.15) is 12.7 Å². The lowest BCUT2D eigenvalue weighted by atomic mass is 10.3. The van der Waals surface area contributed by atoms with Crippen LogP contribution in [0.4, 0.5) is 0 Å². The quantitative estimate of drug-likeness (QED) is 0.658. The Morgan fingerprint density at radius 3 is 3.00 bits per heavy atom. The molecule has 7 nitrogen and oxygen atoms in total. The Morgan fingerprint density at radius 1 is 1.30 bits per heavy atom. The van der Waals surface area contributed by atoms with E-state index >= 15 is 0 Å². The summed E-state index contributed by atoms with van der Waals surface area (Å²) in [5, 5.41) is 9.16. The van der Waals surface area contributed by atoms with Crippen molar-refractivity contribution >= 4 is 22.8 Å². The molecule has 102 valence electrons. The molecule has 0 aliphatic heterocycles. The van der Waals surface area contributed by atoms with Crippen molar-refractivity contribution < 1.29 is 0 Å². The van der Waals surface area contributed by atoms with Gasteiger partial charge in [0.2, 0.25) is 0 Å². The molecule has 8 heteroatoms. The van der Waals surface area contributed by atoms with E-state index in [1.54, 1.807) is 41.0 Å². The van der Waals surface area contributed by atoms with Crippen molar-refractivity contribution in [1.82, 2.24) is 29.3 Å². The van der Waals surface area contributed by atoms with Crippen LogP contribution in [0, 0.1) is 0 Å². The molecule has 20 heavy (non-hydrogen) atoms. The minimum Gasteiger partial charge on any atom is -0.312 e. The maximum Gasteiger partial charge on any atom is 0.262 e. The second-order valence-corrected chi connectivity index (χ2v) is 5.25. The number of thioether (sulfide) groups is 1. The van der Waals surface area contributed by atoms with E-state index in [2.05, 4.69) is 20.2 Å². The average molecular weight is 288 g/mol. The van der Waals surface area contributed by atoms with E-state index < -0.39 is 0 Å². The predicted molar refractivity (Wildman–Crippen MR) is 75.5 cm³/mol. The molecule has 0 N–H and O–H groups in total. The highest BCUT2D eigenvalue weighted by molar-refractivity contribution is 7.99. The minimum atomic E-state index is -0.0679. The zero-order valence-corrected chi connectivity index (χ0v) is 11.6. The Kier molecular flexibility index (Phi) is 3.46. The Bertz CT molecular complexity index is 796. The van der Waals surface area contributed by atoms with Crippen LogP contribution in [0.5, 0.6) is 0 Å². The van der Waals surface area contributed by atoms with Gasteiger partial charge in [-0.1, -0.05) is 11.8 Å². The molecular formula is C12H12N6OS. The summed E-state index contributed by atoms with van der Waals surface area (Å²) >= 11 is 1.55. The van der Waals surface area contributed by atoms with Crippen LogP contribution in [0.1, 0.15) is 0 Å². The summed E-state index contributed by atoms with van der Waals surface area (Å²) in [7, 11) is 1.89. The zero-order chi connectivity index (χ0) is 13.9. The molecule has 0 saturated heterocycles. The largest absolute Gasteiger partial charge is 0.312 e. The number of nitrogens with zero attached hydrogens (tertiary/aromatic N) is 6. The summed E-state index contributed by atoms with van der Waals surface area (Å²) in [4.78, 5) is 20.5. The van der Waals surface area contributed by atoms with Crippen molar-refractivity contribution in [1.29, 1.82) is 0 Å². The first kappa shape index (κ1) is 12.8. The fourth-order valence-corrected chi connectivity index (χ4v) is 2.62. The van der Waals surface area contributed by atoms with Crippen LogP contribution in [0.3, 0.4) is 0 Å². The third-order valence-electron chi connectivity index (χ3n) is 2.83. The maximum absolute atomic E-state index is 12.2. The molecule has 3 rings (SSSR count). The Hall–Kier alpha value is -2.22. The molecule has 0 amide bonds. The van der Waals surface area contributed by atoms with Gasteiger partial charge in [0.15, 0.2) is 10.8 Å². The van der Waals surface area contributed by atoms with E-state index in [1.165, 1.54) is 6.33 Å². The van der Waals surface area contributed by atoms with Crippen LogP contribution in [0.15, 0.2) is 40.9 Å². The van der Waals surface area contributed by atoms with Crippen molar-refractivity contribution in [3.63, 3.8) is 0 Å². The number of pyridine rings is 1. The van der Waals surface area contributed by atoms with E-state index in [0.717, 1.165) is 10.9 Å². The highest BCUT2D eigenvalue weighted by Crippen LogP contribution is 2.13. The third kappa shape index (κ3) is 2.42. The molecule has 0 aliphatic rings. The minimum absolute atomic E-state index is 0.0679. The molecule has 3 aromatic rings. The lowest BCUT2D eigenvalue weighted by Gasteiger charge is -2.05. The maximum atomic E-state index is 12.2. The van der Waals surface area contributed by atoms with Crippen molar-refractivity contribution in [3.8, 4) is 0 Å². The monoisotopic (exact) mass is 288 g/mol. The number of rotatable bonds is 4. The first-order valence-corrected chi connectivity index (χ1v) is 7.01. The molecule has 0 spiro atoms. The molecule has 0 saturated carbocycles. The van der Waals surface area contributed by atoms with E-state index in [-0.39, 0.29) is 5.56 Å². The van der Waals surface area contributed by atoms with Gasteiger partial charge in [0, 0.05) is 25.5 Å². The highest BCUT2D eigenvalue weighted by atomic mass is 32.2. The molecular weight excluding hydrogens is 276 g/mol. The van der Waals surface area contributed by atoms with E-state index in [0.29, 0.717) is 17.6 Å². The molecule has 0 aromatic carbocycles. The molecule has 0 aliphatic carbocycles. The number of aryl methyl sites for hydroxylation is 2. The van der Waals surface area contributed by atoms with Crippen LogP contribution < -0.4 is 5.56 Å². The number of hydrogen-bond acceptors (Lipinski definition) is 6. The number of aromatic nitrogens is 6. The van der Waals surface area contributed by atoms with E-state index in [1.807, 2.05) is 11.6 Å². The van der Waals surface area contributed by atoms with Gasteiger partial charge in [0.25, 0.3) is 5.56 Å². The standard InChI is InChI=1S/C12H12N6OS/c1-17-8-15-16-12(17)20-6-5-18-7-14-10-9(11(18)19)3-2-4-13-10/h2-4,7-8H,5-6H2,1H3. The summed E-state index contributed by atoms with van der Waals surface area (Å²) in [5.74, 6) is 0.722. The topological polar surface area (TPSA) is 78.5 Å². The first-order valence-electron chi connectivity index (χ1n) is 6.02. The van der Waals surface area contributed by atoms with Gasteiger partial charge in [-0.25, -0.2) is 9.97 Å². The Balaban J connectivity index is 1.76. The molecule has 0 atom stereocenters. The van der Waals surface area contributed by atoms with Gasteiger partial charge in [-0.2, -0.15) is 0 Å². The zero-order valence-electron chi connectivity index (χ0n) is 10.8. The Labute approximate surface area is 118 Å². The van der Waals surface area contributed by atoms with Crippen LogP contribution in [-0.2, 0) is 13.6 Å². The van der Waals surface area contributed by atoms with Gasteiger partial charge in [-0.3, -0.25) is 9.36 Å². The second-order valence-electron chi connectivity index (χ2n) is 4.19. The number of hydrogen-bond donors (Lipinski definition) is 0. The molecule has 0 radical (unpaired) electrons. The van der Waals surface area contributed by atoms with Gasteiger partial charge in [-0.05, 0) is 12.1 Å². The third-order valence-corrected chi connectivity index (χ3v) is 3.85. The lowest BCUT2D eigenvalue weighted by Crippen LogP contribution is -2.21. The van der Waals surface area contributed by atoms with Gasteiger partial charge < -0.3 is 4.57 Å². The SMILES string of the molecule is Cn1cnnc1SCCn1cnc2ncccc2c1=O. The van der Waals surface area contributed by atoms with Crippen molar-refractivity contribution in [2.75, 3.05) is 5.75 Å². The Morgan fingerprint density at radius 2 is 2.20 bits per heavy atom. The van der Waals surface area contributed by atoms with E-state index in [9.17, 15) is 4.79 Å². The fraction of sp³-hybridized carbons (Fsp3) is 0.250. The first-order chi connectivity index (χ1) is 9.75. The summed E-state index contributed by atoms with van der Waals surface area (Å²) < 4.78 is 3.43. The van der Waals surface area contributed by atoms with Crippen LogP contribution in [-0.4, -0.2) is 35.1 Å². The summed E-state index contributed by atoms with van der Waals surface area (Å²) in [6, 6.07) is 3.48. The summed E-state index contributed by atoms with van der Waals surface area (Å²) in [6.45, 7) is 0.564. The molecule has 0 unspecified atom stereocenters.